The minimum Gasteiger partial charge on any atom is -0.312 e. The molecule has 1 aromatic carbocycles. The van der Waals surface area contributed by atoms with E-state index in [4.69, 9.17) is 0 Å². The van der Waals surface area contributed by atoms with Crippen molar-refractivity contribution in [2.45, 2.75) is 31.8 Å². The van der Waals surface area contributed by atoms with E-state index in [-0.39, 0.29) is 5.82 Å². The predicted molar refractivity (Wildman–Crippen MR) is 78.5 cm³/mol. The summed E-state index contributed by atoms with van der Waals surface area (Å²) in [6.45, 7) is 3.92. The van der Waals surface area contributed by atoms with E-state index < -0.39 is 0 Å². The average molecular weight is 327 g/mol. The number of benzene rings is 1. The number of hydrogen-bond acceptors (Lipinski definition) is 2. The second kappa shape index (κ2) is 5.90. The van der Waals surface area contributed by atoms with Gasteiger partial charge in [-0.25, -0.2) is 4.39 Å². The van der Waals surface area contributed by atoms with E-state index >= 15 is 0 Å². The van der Waals surface area contributed by atoms with Crippen LogP contribution >= 0.6 is 15.9 Å². The quantitative estimate of drug-likeness (QED) is 0.917. The van der Waals surface area contributed by atoms with Crippen LogP contribution in [0.3, 0.4) is 0 Å². The van der Waals surface area contributed by atoms with Gasteiger partial charge in [-0.05, 0) is 56.5 Å². The average Bonchev–Trinajstić information content (AvgIpc) is 3.20. The van der Waals surface area contributed by atoms with Gasteiger partial charge in [0.15, 0.2) is 0 Å². The summed E-state index contributed by atoms with van der Waals surface area (Å²) in [4.78, 5) is 2.40. The van der Waals surface area contributed by atoms with Crippen LogP contribution in [0.2, 0.25) is 0 Å². The third-order valence-electron chi connectivity index (χ3n) is 4.11. The van der Waals surface area contributed by atoms with Crippen LogP contribution in [0, 0.1) is 11.7 Å². The Labute approximate surface area is 122 Å². The molecule has 2 nitrogen and oxygen atoms in total. The Morgan fingerprint density at radius 3 is 3.00 bits per heavy atom. The van der Waals surface area contributed by atoms with E-state index in [1.807, 2.05) is 6.07 Å². The lowest BCUT2D eigenvalue weighted by Crippen LogP contribution is -2.39. The second-order valence-corrected chi connectivity index (χ2v) is 6.64. The zero-order chi connectivity index (χ0) is 13.2. The first-order chi connectivity index (χ1) is 9.22. The van der Waals surface area contributed by atoms with Gasteiger partial charge in [0.25, 0.3) is 0 Å². The van der Waals surface area contributed by atoms with Crippen molar-refractivity contribution in [3.63, 3.8) is 0 Å². The van der Waals surface area contributed by atoms with Gasteiger partial charge in [-0.1, -0.05) is 15.9 Å². The number of hydrogen-bond donors (Lipinski definition) is 1. The van der Waals surface area contributed by atoms with Crippen LogP contribution in [0.15, 0.2) is 22.7 Å². The summed E-state index contributed by atoms with van der Waals surface area (Å²) in [6.07, 6.45) is 3.87. The summed E-state index contributed by atoms with van der Waals surface area (Å²) >= 11 is 3.42. The lowest BCUT2D eigenvalue weighted by atomic mass is 10.1. The molecule has 0 amide bonds. The summed E-state index contributed by atoms with van der Waals surface area (Å²) in [5, 5.41) is 3.64. The summed E-state index contributed by atoms with van der Waals surface area (Å²) in [6, 6.07) is 5.82. The molecule has 104 valence electrons. The molecule has 1 atom stereocenters. The molecule has 1 aliphatic heterocycles. The maximum atomic E-state index is 13.8. The number of halogens is 2. The van der Waals surface area contributed by atoms with E-state index in [1.165, 1.54) is 12.8 Å². The van der Waals surface area contributed by atoms with Crippen molar-refractivity contribution in [2.24, 2.45) is 5.92 Å². The molecule has 1 aliphatic carbocycles. The van der Waals surface area contributed by atoms with Crippen LogP contribution in [0.4, 0.5) is 4.39 Å². The highest BCUT2D eigenvalue weighted by molar-refractivity contribution is 9.10. The molecule has 0 spiro atoms. The molecule has 1 unspecified atom stereocenters. The number of nitrogens with zero attached hydrogens (tertiary/aromatic N) is 1. The summed E-state index contributed by atoms with van der Waals surface area (Å²) < 4.78 is 14.8. The van der Waals surface area contributed by atoms with Crippen molar-refractivity contribution in [3.8, 4) is 0 Å². The molecule has 2 fully saturated rings. The first-order valence-electron chi connectivity index (χ1n) is 7.12. The third-order valence-corrected chi connectivity index (χ3v) is 4.60. The summed E-state index contributed by atoms with van der Waals surface area (Å²) in [5.74, 6) is 0.760. The highest BCUT2D eigenvalue weighted by Crippen LogP contribution is 2.33. The van der Waals surface area contributed by atoms with Gasteiger partial charge >= 0.3 is 0 Å². The summed E-state index contributed by atoms with van der Waals surface area (Å²) in [5.41, 5.74) is 0.797. The number of nitrogens with one attached hydrogen (secondary N) is 1. The second-order valence-electron chi connectivity index (χ2n) is 5.72. The van der Waals surface area contributed by atoms with Gasteiger partial charge in [-0.3, -0.25) is 4.90 Å². The van der Waals surface area contributed by atoms with Gasteiger partial charge in [0.2, 0.25) is 0 Å². The van der Waals surface area contributed by atoms with Crippen LogP contribution in [0.1, 0.15) is 24.8 Å². The van der Waals surface area contributed by atoms with Crippen molar-refractivity contribution in [3.05, 3.63) is 34.1 Å². The van der Waals surface area contributed by atoms with Crippen molar-refractivity contribution in [2.75, 3.05) is 19.6 Å². The van der Waals surface area contributed by atoms with Gasteiger partial charge in [0.05, 0.1) is 0 Å². The van der Waals surface area contributed by atoms with Crippen LogP contribution in [0.5, 0.6) is 0 Å². The number of rotatable bonds is 3. The van der Waals surface area contributed by atoms with Crippen LogP contribution in [-0.4, -0.2) is 30.6 Å². The van der Waals surface area contributed by atoms with E-state index in [9.17, 15) is 4.39 Å². The Morgan fingerprint density at radius 2 is 2.21 bits per heavy atom. The predicted octanol–water partition coefficient (Wildman–Crippen LogP) is 3.16. The minimum absolute atomic E-state index is 0.0941. The van der Waals surface area contributed by atoms with Crippen molar-refractivity contribution in [1.29, 1.82) is 0 Å². The largest absolute Gasteiger partial charge is 0.312 e. The monoisotopic (exact) mass is 326 g/mol. The highest BCUT2D eigenvalue weighted by atomic mass is 79.9. The van der Waals surface area contributed by atoms with E-state index in [2.05, 4.69) is 26.1 Å². The molecule has 0 radical (unpaired) electrons. The topological polar surface area (TPSA) is 15.3 Å². The zero-order valence-electron chi connectivity index (χ0n) is 11.0. The smallest absolute Gasteiger partial charge is 0.127 e. The molecule has 1 saturated heterocycles. The van der Waals surface area contributed by atoms with Crippen LogP contribution < -0.4 is 5.32 Å². The lowest BCUT2D eigenvalue weighted by molar-refractivity contribution is 0.247. The van der Waals surface area contributed by atoms with Crippen molar-refractivity contribution >= 4 is 15.9 Å². The van der Waals surface area contributed by atoms with Gasteiger partial charge < -0.3 is 5.32 Å². The molecule has 1 saturated carbocycles. The third kappa shape index (κ3) is 3.56. The van der Waals surface area contributed by atoms with E-state index in [0.717, 1.165) is 48.6 Å². The molecule has 19 heavy (non-hydrogen) atoms. The molecule has 2 aliphatic rings. The SMILES string of the molecule is Fc1ccc(Br)cc1CN1CCCNC(C2CC2)C1. The Morgan fingerprint density at radius 1 is 1.37 bits per heavy atom. The standard InChI is InChI=1S/C15H20BrFN2/c16-13-4-5-14(17)12(8-13)9-19-7-1-6-18-15(10-19)11-2-3-11/h4-5,8,11,15,18H,1-3,6-7,9-10H2. The molecule has 0 bridgehead atoms. The fraction of sp³-hybridized carbons (Fsp3) is 0.600. The summed E-state index contributed by atoms with van der Waals surface area (Å²) in [7, 11) is 0. The molecule has 1 N–H and O–H groups in total. The van der Waals surface area contributed by atoms with Gasteiger partial charge in [-0.2, -0.15) is 0 Å². The van der Waals surface area contributed by atoms with Gasteiger partial charge in [0.1, 0.15) is 5.82 Å². The fourth-order valence-corrected chi connectivity index (χ4v) is 3.30. The maximum Gasteiger partial charge on any atom is 0.127 e. The fourth-order valence-electron chi connectivity index (χ4n) is 2.89. The molecule has 1 heterocycles. The molecule has 3 rings (SSSR count). The van der Waals surface area contributed by atoms with E-state index in [0.29, 0.717) is 6.04 Å². The lowest BCUT2D eigenvalue weighted by Gasteiger charge is -2.24. The molecule has 0 aromatic heterocycles. The Hall–Kier alpha value is -0.450. The maximum absolute atomic E-state index is 13.8. The first kappa shape index (κ1) is 13.5. The van der Waals surface area contributed by atoms with E-state index in [1.54, 1.807) is 12.1 Å². The van der Waals surface area contributed by atoms with Gasteiger partial charge in [-0.15, -0.1) is 0 Å². The highest BCUT2D eigenvalue weighted by Gasteiger charge is 2.33. The molecule has 1 aromatic rings. The molecular weight excluding hydrogens is 307 g/mol. The molecule has 4 heteroatoms. The first-order valence-corrected chi connectivity index (χ1v) is 7.91. The van der Waals surface area contributed by atoms with Crippen LogP contribution in [-0.2, 0) is 6.54 Å². The zero-order valence-corrected chi connectivity index (χ0v) is 12.6. The molecular formula is C15H20BrFN2. The Bertz CT molecular complexity index is 448. The Balaban J connectivity index is 1.68. The Kier molecular flexibility index (Phi) is 4.20. The van der Waals surface area contributed by atoms with Gasteiger partial charge in [0, 0.05) is 29.2 Å². The van der Waals surface area contributed by atoms with Crippen molar-refractivity contribution < 1.29 is 4.39 Å². The van der Waals surface area contributed by atoms with Crippen LogP contribution in [0.25, 0.3) is 0 Å². The normalized spacial score (nSPS) is 25.3. The van der Waals surface area contributed by atoms with Crippen molar-refractivity contribution in [1.82, 2.24) is 10.2 Å². The minimum atomic E-state index is -0.0941.